The highest BCUT2D eigenvalue weighted by atomic mass is 19.4. The molecule has 2 rings (SSSR count). The van der Waals surface area contributed by atoms with Gasteiger partial charge >= 0.3 is 6.18 Å². The summed E-state index contributed by atoms with van der Waals surface area (Å²) < 4.78 is 38.1. The summed E-state index contributed by atoms with van der Waals surface area (Å²) in [4.78, 5) is 0. The summed E-state index contributed by atoms with van der Waals surface area (Å²) in [6.07, 6.45) is 3.24. The lowest BCUT2D eigenvalue weighted by Crippen LogP contribution is -2.13. The van der Waals surface area contributed by atoms with Gasteiger partial charge in [-0.2, -0.15) is 13.2 Å². The first-order valence-electron chi connectivity index (χ1n) is 7.38. The maximum Gasteiger partial charge on any atom is 0.416 e. The number of anilines is 1. The molecule has 20 heavy (non-hydrogen) atoms. The fourth-order valence-corrected chi connectivity index (χ4v) is 2.88. The van der Waals surface area contributed by atoms with E-state index in [1.165, 1.54) is 44.2 Å². The predicted molar refractivity (Wildman–Crippen MR) is 75.9 cm³/mol. The highest BCUT2D eigenvalue weighted by molar-refractivity contribution is 5.53. The molecule has 0 aromatic heterocycles. The maximum absolute atomic E-state index is 12.7. The molecule has 0 atom stereocenters. The van der Waals surface area contributed by atoms with Gasteiger partial charge in [0.15, 0.2) is 0 Å². The first-order chi connectivity index (χ1) is 9.47. The van der Waals surface area contributed by atoms with Crippen molar-refractivity contribution in [3.63, 3.8) is 0 Å². The Morgan fingerprint density at radius 1 is 1.15 bits per heavy atom. The van der Waals surface area contributed by atoms with Crippen LogP contribution in [0.3, 0.4) is 0 Å². The number of aryl methyl sites for hydroxylation is 1. The summed E-state index contributed by atoms with van der Waals surface area (Å²) in [5, 5.41) is 3.17. The molecule has 0 spiro atoms. The largest absolute Gasteiger partial charge is 0.416 e. The van der Waals surface area contributed by atoms with E-state index < -0.39 is 11.7 Å². The predicted octanol–water partition coefficient (Wildman–Crippen LogP) is 5.40. The van der Waals surface area contributed by atoms with Gasteiger partial charge in [-0.05, 0) is 37.0 Å². The molecule has 1 aliphatic carbocycles. The van der Waals surface area contributed by atoms with Gasteiger partial charge in [-0.15, -0.1) is 0 Å². The Kier molecular flexibility index (Phi) is 4.95. The highest BCUT2D eigenvalue weighted by Gasteiger charge is 2.30. The normalized spacial score (nSPS) is 17.2. The van der Waals surface area contributed by atoms with Crippen LogP contribution in [-0.4, -0.2) is 6.54 Å². The summed E-state index contributed by atoms with van der Waals surface area (Å²) in [5.74, 6) is 0.738. The van der Waals surface area contributed by atoms with Crippen molar-refractivity contribution in [2.24, 2.45) is 5.92 Å². The second kappa shape index (κ2) is 6.51. The molecule has 1 nitrogen and oxygen atoms in total. The van der Waals surface area contributed by atoms with Crippen molar-refractivity contribution in [2.45, 2.75) is 51.6 Å². The van der Waals surface area contributed by atoms with E-state index in [1.54, 1.807) is 0 Å². The Morgan fingerprint density at radius 2 is 1.85 bits per heavy atom. The SMILES string of the molecule is Cc1ccc(C(F)(F)F)cc1NCCC1CCCCC1. The number of rotatable bonds is 4. The monoisotopic (exact) mass is 285 g/mol. The molecule has 0 bridgehead atoms. The number of nitrogens with one attached hydrogen (secondary N) is 1. The second-order valence-corrected chi connectivity index (χ2v) is 5.75. The molecule has 0 amide bonds. The van der Waals surface area contributed by atoms with Crippen LogP contribution in [-0.2, 0) is 6.18 Å². The molecule has 112 valence electrons. The fourth-order valence-electron chi connectivity index (χ4n) is 2.88. The van der Waals surface area contributed by atoms with Gasteiger partial charge in [0.2, 0.25) is 0 Å². The molecule has 0 radical (unpaired) electrons. The molecule has 1 fully saturated rings. The zero-order valence-electron chi connectivity index (χ0n) is 11.9. The lowest BCUT2D eigenvalue weighted by Gasteiger charge is -2.22. The van der Waals surface area contributed by atoms with Gasteiger partial charge in [0, 0.05) is 12.2 Å². The van der Waals surface area contributed by atoms with Crippen molar-refractivity contribution in [3.8, 4) is 0 Å². The number of benzene rings is 1. The van der Waals surface area contributed by atoms with E-state index in [0.29, 0.717) is 5.69 Å². The minimum atomic E-state index is -4.27. The average molecular weight is 285 g/mol. The third kappa shape index (κ3) is 4.15. The van der Waals surface area contributed by atoms with Gasteiger partial charge in [-0.1, -0.05) is 38.2 Å². The smallest absolute Gasteiger partial charge is 0.385 e. The van der Waals surface area contributed by atoms with Crippen molar-refractivity contribution >= 4 is 5.69 Å². The van der Waals surface area contributed by atoms with E-state index in [0.717, 1.165) is 30.5 Å². The molecule has 1 saturated carbocycles. The molecule has 1 aromatic carbocycles. The summed E-state index contributed by atoms with van der Waals surface area (Å²) in [6, 6.07) is 3.89. The van der Waals surface area contributed by atoms with Crippen LogP contribution >= 0.6 is 0 Å². The van der Waals surface area contributed by atoms with Crippen LogP contribution in [0.25, 0.3) is 0 Å². The van der Waals surface area contributed by atoms with E-state index in [2.05, 4.69) is 5.32 Å². The van der Waals surface area contributed by atoms with E-state index >= 15 is 0 Å². The first-order valence-corrected chi connectivity index (χ1v) is 7.38. The van der Waals surface area contributed by atoms with Crippen molar-refractivity contribution in [1.82, 2.24) is 0 Å². The Bertz CT molecular complexity index is 434. The van der Waals surface area contributed by atoms with Crippen LogP contribution in [0.4, 0.5) is 18.9 Å². The van der Waals surface area contributed by atoms with Gasteiger partial charge < -0.3 is 5.32 Å². The third-order valence-electron chi connectivity index (χ3n) is 4.16. The van der Waals surface area contributed by atoms with Crippen LogP contribution in [0, 0.1) is 12.8 Å². The molecule has 0 aliphatic heterocycles. The topological polar surface area (TPSA) is 12.0 Å². The summed E-state index contributed by atoms with van der Waals surface area (Å²) >= 11 is 0. The summed E-state index contributed by atoms with van der Waals surface area (Å²) in [6.45, 7) is 2.59. The Morgan fingerprint density at radius 3 is 2.50 bits per heavy atom. The van der Waals surface area contributed by atoms with Gasteiger partial charge in [0.25, 0.3) is 0 Å². The van der Waals surface area contributed by atoms with Crippen molar-refractivity contribution in [3.05, 3.63) is 29.3 Å². The minimum Gasteiger partial charge on any atom is -0.385 e. The van der Waals surface area contributed by atoms with E-state index in [4.69, 9.17) is 0 Å². The van der Waals surface area contributed by atoms with Crippen LogP contribution in [0.1, 0.15) is 49.7 Å². The summed E-state index contributed by atoms with van der Waals surface area (Å²) in [7, 11) is 0. The van der Waals surface area contributed by atoms with Crippen molar-refractivity contribution in [1.29, 1.82) is 0 Å². The molecule has 1 aliphatic rings. The molecule has 0 unspecified atom stereocenters. The number of hydrogen-bond donors (Lipinski definition) is 1. The second-order valence-electron chi connectivity index (χ2n) is 5.75. The Balaban J connectivity index is 1.91. The fraction of sp³-hybridized carbons (Fsp3) is 0.625. The van der Waals surface area contributed by atoms with Gasteiger partial charge in [0.05, 0.1) is 5.56 Å². The zero-order chi connectivity index (χ0) is 14.6. The average Bonchev–Trinajstić information content (AvgIpc) is 2.41. The number of hydrogen-bond acceptors (Lipinski definition) is 1. The van der Waals surface area contributed by atoms with Gasteiger partial charge in [-0.3, -0.25) is 0 Å². The van der Waals surface area contributed by atoms with E-state index in [1.807, 2.05) is 6.92 Å². The minimum absolute atomic E-state index is 0.580. The standard InChI is InChI=1S/C16H22F3N/c1-12-7-8-14(16(17,18)19)11-15(12)20-10-9-13-5-3-2-4-6-13/h7-8,11,13,20H,2-6,9-10H2,1H3. The first kappa shape index (κ1) is 15.2. The molecule has 4 heteroatoms. The van der Waals surface area contributed by atoms with Crippen LogP contribution < -0.4 is 5.32 Å². The number of alkyl halides is 3. The van der Waals surface area contributed by atoms with Crippen LogP contribution in [0.15, 0.2) is 18.2 Å². The molecule has 0 saturated heterocycles. The molecule has 1 aromatic rings. The molecular formula is C16H22F3N. The lowest BCUT2D eigenvalue weighted by atomic mass is 9.87. The lowest BCUT2D eigenvalue weighted by molar-refractivity contribution is -0.137. The van der Waals surface area contributed by atoms with Crippen LogP contribution in [0.2, 0.25) is 0 Å². The van der Waals surface area contributed by atoms with Gasteiger partial charge in [-0.25, -0.2) is 0 Å². The van der Waals surface area contributed by atoms with Crippen molar-refractivity contribution < 1.29 is 13.2 Å². The van der Waals surface area contributed by atoms with Gasteiger partial charge in [0.1, 0.15) is 0 Å². The molecule has 0 heterocycles. The van der Waals surface area contributed by atoms with E-state index in [9.17, 15) is 13.2 Å². The quantitative estimate of drug-likeness (QED) is 0.781. The third-order valence-corrected chi connectivity index (χ3v) is 4.16. The van der Waals surface area contributed by atoms with E-state index in [-0.39, 0.29) is 0 Å². The maximum atomic E-state index is 12.7. The molecular weight excluding hydrogens is 263 g/mol. The Labute approximate surface area is 118 Å². The Hall–Kier alpha value is -1.19. The van der Waals surface area contributed by atoms with Crippen LogP contribution in [0.5, 0.6) is 0 Å². The van der Waals surface area contributed by atoms with Crippen molar-refractivity contribution in [2.75, 3.05) is 11.9 Å². The highest BCUT2D eigenvalue weighted by Crippen LogP contribution is 2.32. The zero-order valence-corrected chi connectivity index (χ0v) is 11.9. The summed E-state index contributed by atoms with van der Waals surface area (Å²) in [5.41, 5.74) is 0.889. The number of halogens is 3. The molecule has 1 N–H and O–H groups in total.